The van der Waals surface area contributed by atoms with Crippen molar-refractivity contribution < 1.29 is 0 Å². The largest absolute Gasteiger partial charge is 0.253 e. The lowest BCUT2D eigenvalue weighted by Gasteiger charge is -2.05. The predicted molar refractivity (Wildman–Crippen MR) is 80.4 cm³/mol. The molecule has 0 unspecified atom stereocenters. The summed E-state index contributed by atoms with van der Waals surface area (Å²) >= 11 is 1.65. The third-order valence-electron chi connectivity index (χ3n) is 2.83. The summed E-state index contributed by atoms with van der Waals surface area (Å²) in [6.45, 7) is 4.09. The minimum absolute atomic E-state index is 0.831. The van der Waals surface area contributed by atoms with Crippen molar-refractivity contribution >= 4 is 23.9 Å². The van der Waals surface area contributed by atoms with Crippen LogP contribution in [0.1, 0.15) is 6.42 Å². The van der Waals surface area contributed by atoms with Gasteiger partial charge in [0.05, 0.1) is 10.7 Å². The normalized spacial score (nSPS) is 20.9. The Labute approximate surface area is 116 Å². The predicted octanol–water partition coefficient (Wildman–Crippen LogP) is 2.22. The van der Waals surface area contributed by atoms with Crippen molar-refractivity contribution in [3.05, 3.63) is 75.1 Å². The molecule has 3 heteroatoms. The molecule has 0 fully saturated rings. The number of hydrogen-bond donors (Lipinski definition) is 0. The lowest BCUT2D eigenvalue weighted by atomic mass is 10.1. The molecular weight excluding hydrogens is 252 g/mol. The summed E-state index contributed by atoms with van der Waals surface area (Å²) in [6.07, 6.45) is 16.4. The molecule has 0 radical (unpaired) electrons. The Morgan fingerprint density at radius 3 is 2.95 bits per heavy atom. The Balaban J connectivity index is 2.18. The maximum absolute atomic E-state index is 4.38. The van der Waals surface area contributed by atoms with Crippen molar-refractivity contribution in [3.63, 3.8) is 0 Å². The maximum Gasteiger partial charge on any atom is 0.0894 e. The maximum atomic E-state index is 4.38. The van der Waals surface area contributed by atoms with Crippen molar-refractivity contribution in [2.24, 2.45) is 0 Å². The number of hydrogen-bond acceptors (Lipinski definition) is 3. The van der Waals surface area contributed by atoms with Gasteiger partial charge in [-0.2, -0.15) is 0 Å². The number of aromatic nitrogens is 2. The Morgan fingerprint density at radius 2 is 2.05 bits per heavy atom. The third-order valence-corrected chi connectivity index (χ3v) is 3.81. The highest BCUT2D eigenvalue weighted by atomic mass is 32.2. The SMILES string of the molecule is C=C1/C=c2/nccn/c2=C/CC2=C(C=C=CC=C2)S1. The summed E-state index contributed by atoms with van der Waals surface area (Å²) in [6, 6.07) is 0. The molecule has 0 saturated carbocycles. The summed E-state index contributed by atoms with van der Waals surface area (Å²) < 4.78 is 0. The van der Waals surface area contributed by atoms with Gasteiger partial charge in [0, 0.05) is 22.2 Å². The number of allylic oxidation sites excluding steroid dienone is 5. The molecule has 3 rings (SSSR count). The van der Waals surface area contributed by atoms with Crippen LogP contribution in [0.15, 0.2) is 64.4 Å². The van der Waals surface area contributed by atoms with Gasteiger partial charge in [-0.05, 0) is 30.2 Å². The van der Waals surface area contributed by atoms with Crippen molar-refractivity contribution in [1.82, 2.24) is 9.97 Å². The molecule has 1 aliphatic carbocycles. The van der Waals surface area contributed by atoms with Crippen LogP contribution < -0.4 is 10.7 Å². The van der Waals surface area contributed by atoms with Gasteiger partial charge >= 0.3 is 0 Å². The van der Waals surface area contributed by atoms with E-state index < -0.39 is 0 Å². The van der Waals surface area contributed by atoms with Gasteiger partial charge in [0.2, 0.25) is 0 Å². The van der Waals surface area contributed by atoms with Gasteiger partial charge in [-0.3, -0.25) is 9.97 Å². The highest BCUT2D eigenvalue weighted by Gasteiger charge is 2.06. The Kier molecular flexibility index (Phi) is 3.32. The molecule has 0 N–H and O–H groups in total. The Morgan fingerprint density at radius 1 is 1.21 bits per heavy atom. The molecule has 0 bridgehead atoms. The van der Waals surface area contributed by atoms with Crippen LogP contribution >= 0.6 is 11.8 Å². The fourth-order valence-electron chi connectivity index (χ4n) is 1.94. The molecule has 0 saturated heterocycles. The van der Waals surface area contributed by atoms with Crippen LogP contribution in [0.2, 0.25) is 0 Å². The first-order valence-corrected chi connectivity index (χ1v) is 6.82. The van der Waals surface area contributed by atoms with E-state index in [1.807, 2.05) is 24.3 Å². The number of rotatable bonds is 0. The van der Waals surface area contributed by atoms with E-state index >= 15 is 0 Å². The fraction of sp³-hybridized carbons (Fsp3) is 0.0625. The molecular formula is C16H12N2S. The molecule has 0 atom stereocenters. The third kappa shape index (κ3) is 2.68. The van der Waals surface area contributed by atoms with E-state index in [0.29, 0.717) is 0 Å². The number of fused-ring (bicyclic) bond motifs is 1. The lowest BCUT2D eigenvalue weighted by molar-refractivity contribution is 1.09. The molecule has 0 aromatic carbocycles. The number of thioether (sulfide) groups is 1. The topological polar surface area (TPSA) is 25.8 Å². The molecule has 0 amide bonds. The van der Waals surface area contributed by atoms with Gasteiger partial charge in [0.25, 0.3) is 0 Å². The average Bonchev–Trinajstić information content (AvgIpc) is 2.59. The highest BCUT2D eigenvalue weighted by molar-refractivity contribution is 8.07. The van der Waals surface area contributed by atoms with Gasteiger partial charge in [-0.1, -0.05) is 36.6 Å². The molecule has 1 aliphatic heterocycles. The van der Waals surface area contributed by atoms with E-state index in [4.69, 9.17) is 0 Å². The first-order valence-electron chi connectivity index (χ1n) is 6.01. The smallest absolute Gasteiger partial charge is 0.0894 e. The fourth-order valence-corrected chi connectivity index (χ4v) is 2.80. The molecule has 0 spiro atoms. The summed E-state index contributed by atoms with van der Waals surface area (Å²) in [4.78, 5) is 10.9. The van der Waals surface area contributed by atoms with Crippen molar-refractivity contribution in [1.29, 1.82) is 0 Å². The van der Waals surface area contributed by atoms with E-state index in [-0.39, 0.29) is 0 Å². The van der Waals surface area contributed by atoms with Gasteiger partial charge in [-0.25, -0.2) is 0 Å². The van der Waals surface area contributed by atoms with E-state index in [2.05, 4.69) is 34.4 Å². The summed E-state index contributed by atoms with van der Waals surface area (Å²) in [7, 11) is 0. The van der Waals surface area contributed by atoms with Crippen LogP contribution in [-0.4, -0.2) is 9.97 Å². The molecule has 2 aliphatic rings. The van der Waals surface area contributed by atoms with Crippen LogP contribution in [0, 0.1) is 0 Å². The first-order chi connectivity index (χ1) is 9.33. The van der Waals surface area contributed by atoms with Crippen LogP contribution in [-0.2, 0) is 0 Å². The van der Waals surface area contributed by atoms with Crippen molar-refractivity contribution in [2.75, 3.05) is 0 Å². The minimum Gasteiger partial charge on any atom is -0.253 e. The van der Waals surface area contributed by atoms with E-state index in [1.54, 1.807) is 24.2 Å². The summed E-state index contributed by atoms with van der Waals surface area (Å²) in [5, 5.41) is 1.79. The zero-order chi connectivity index (χ0) is 13.1. The molecule has 1 aromatic heterocycles. The van der Waals surface area contributed by atoms with Crippen LogP contribution in [0.4, 0.5) is 0 Å². The zero-order valence-corrected chi connectivity index (χ0v) is 11.2. The van der Waals surface area contributed by atoms with Gasteiger partial charge in [0.1, 0.15) is 0 Å². The molecule has 1 aromatic rings. The van der Waals surface area contributed by atoms with Gasteiger partial charge in [0.15, 0.2) is 0 Å². The van der Waals surface area contributed by atoms with Crippen molar-refractivity contribution in [2.45, 2.75) is 6.42 Å². The van der Waals surface area contributed by atoms with Crippen molar-refractivity contribution in [3.8, 4) is 0 Å². The van der Waals surface area contributed by atoms with Crippen LogP contribution in [0.5, 0.6) is 0 Å². The molecule has 2 heterocycles. The number of nitrogens with zero attached hydrogens (tertiary/aromatic N) is 2. The van der Waals surface area contributed by atoms with E-state index in [9.17, 15) is 0 Å². The van der Waals surface area contributed by atoms with E-state index in [0.717, 1.165) is 22.0 Å². The first kappa shape index (κ1) is 12.0. The van der Waals surface area contributed by atoms with E-state index in [1.165, 1.54) is 10.5 Å². The molecule has 2 nitrogen and oxygen atoms in total. The second-order valence-electron chi connectivity index (χ2n) is 4.17. The summed E-state index contributed by atoms with van der Waals surface area (Å²) in [5.74, 6) is 0. The minimum atomic E-state index is 0.831. The van der Waals surface area contributed by atoms with Gasteiger partial charge in [-0.15, -0.1) is 5.73 Å². The lowest BCUT2D eigenvalue weighted by Crippen LogP contribution is -2.30. The summed E-state index contributed by atoms with van der Waals surface area (Å²) in [5.41, 5.74) is 4.39. The Hall–Kier alpha value is -2.09. The monoisotopic (exact) mass is 264 g/mol. The second-order valence-corrected chi connectivity index (χ2v) is 5.34. The quantitative estimate of drug-likeness (QED) is 0.672. The standard InChI is InChI=1S/C16H12N2S/c1-12-11-15-14(17-9-10-18-15)8-7-13-5-3-2-4-6-16(13)19-12/h2-3,5-6,8-11H,1,7H2/b14-8+,15-11+. The Bertz CT molecular complexity index is 775. The van der Waals surface area contributed by atoms with Gasteiger partial charge < -0.3 is 0 Å². The zero-order valence-electron chi connectivity index (χ0n) is 10.3. The van der Waals surface area contributed by atoms with Crippen LogP contribution in [0.25, 0.3) is 12.2 Å². The average molecular weight is 264 g/mol. The molecule has 92 valence electrons. The van der Waals surface area contributed by atoms with Crippen LogP contribution in [0.3, 0.4) is 0 Å². The highest BCUT2D eigenvalue weighted by Crippen LogP contribution is 2.31. The molecule has 19 heavy (non-hydrogen) atoms. The second kappa shape index (κ2) is 5.27.